The molecular formula is C9H16N4O2. The molecule has 1 N–H and O–H groups in total. The number of aromatic nitrogens is 2. The third-order valence-corrected chi connectivity index (χ3v) is 2.10. The average Bonchev–Trinajstić information content (AvgIpc) is 2.18. The van der Waals surface area contributed by atoms with Gasteiger partial charge in [-0.3, -0.25) is 18.8 Å². The summed E-state index contributed by atoms with van der Waals surface area (Å²) < 4.78 is 2.48. The van der Waals surface area contributed by atoms with E-state index in [-0.39, 0.29) is 11.2 Å². The van der Waals surface area contributed by atoms with E-state index >= 15 is 0 Å². The molecule has 0 aliphatic rings. The molecule has 0 radical (unpaired) electrons. The van der Waals surface area contributed by atoms with Gasteiger partial charge in [0, 0.05) is 20.2 Å². The predicted molar refractivity (Wildman–Crippen MR) is 59.1 cm³/mol. The maximum Gasteiger partial charge on any atom is 0.332 e. The first-order chi connectivity index (χ1) is 6.93. The Labute approximate surface area is 87.7 Å². The fourth-order valence-electron chi connectivity index (χ4n) is 1.14. The minimum absolute atomic E-state index is 0.306. The van der Waals surface area contributed by atoms with Gasteiger partial charge in [0.25, 0.3) is 5.56 Å². The highest BCUT2D eigenvalue weighted by Crippen LogP contribution is 1.97. The van der Waals surface area contributed by atoms with Crippen molar-refractivity contribution in [2.45, 2.75) is 0 Å². The highest BCUT2D eigenvalue weighted by molar-refractivity contribution is 5.33. The van der Waals surface area contributed by atoms with Crippen molar-refractivity contribution in [3.63, 3.8) is 0 Å². The average molecular weight is 212 g/mol. The molecule has 0 aliphatic heterocycles. The summed E-state index contributed by atoms with van der Waals surface area (Å²) in [5.41, 5.74) is -0.636. The van der Waals surface area contributed by atoms with Gasteiger partial charge in [-0.25, -0.2) is 4.79 Å². The fraction of sp³-hybridized carbons (Fsp3) is 0.556. The zero-order valence-electron chi connectivity index (χ0n) is 9.44. The molecule has 0 bridgehead atoms. The molecule has 1 heterocycles. The lowest BCUT2D eigenvalue weighted by atomic mass is 10.5. The number of nitrogens with zero attached hydrogens (tertiary/aromatic N) is 3. The van der Waals surface area contributed by atoms with Crippen molar-refractivity contribution >= 4 is 5.82 Å². The third kappa shape index (κ3) is 2.47. The molecule has 6 nitrogen and oxygen atoms in total. The Balaban J connectivity index is 3.10. The third-order valence-electron chi connectivity index (χ3n) is 2.10. The summed E-state index contributed by atoms with van der Waals surface area (Å²) in [4.78, 5) is 24.8. The molecule has 0 aliphatic carbocycles. The van der Waals surface area contributed by atoms with E-state index < -0.39 is 0 Å². The van der Waals surface area contributed by atoms with Crippen molar-refractivity contribution < 1.29 is 0 Å². The fourth-order valence-corrected chi connectivity index (χ4v) is 1.14. The van der Waals surface area contributed by atoms with Gasteiger partial charge >= 0.3 is 5.69 Å². The summed E-state index contributed by atoms with van der Waals surface area (Å²) >= 11 is 0. The van der Waals surface area contributed by atoms with Gasteiger partial charge < -0.3 is 5.32 Å². The molecule has 1 rings (SSSR count). The van der Waals surface area contributed by atoms with Gasteiger partial charge in [0.15, 0.2) is 0 Å². The van der Waals surface area contributed by atoms with Crippen LogP contribution in [0.5, 0.6) is 0 Å². The Morgan fingerprint density at radius 1 is 1.27 bits per heavy atom. The molecule has 84 valence electrons. The Morgan fingerprint density at radius 2 is 1.87 bits per heavy atom. The zero-order chi connectivity index (χ0) is 11.6. The maximum atomic E-state index is 11.5. The van der Waals surface area contributed by atoms with Crippen LogP contribution in [0.3, 0.4) is 0 Å². The van der Waals surface area contributed by atoms with Crippen LogP contribution < -0.4 is 16.6 Å². The quantitative estimate of drug-likeness (QED) is 0.654. The molecule has 0 aromatic carbocycles. The second-order valence-electron chi connectivity index (χ2n) is 3.68. The zero-order valence-corrected chi connectivity index (χ0v) is 9.44. The molecule has 0 fully saturated rings. The normalized spacial score (nSPS) is 10.7. The van der Waals surface area contributed by atoms with Crippen molar-refractivity contribution in [3.05, 3.63) is 26.9 Å². The van der Waals surface area contributed by atoms with Crippen molar-refractivity contribution in [2.75, 3.05) is 26.1 Å². The van der Waals surface area contributed by atoms with Crippen LogP contribution >= 0.6 is 0 Å². The van der Waals surface area contributed by atoms with Crippen molar-refractivity contribution in [1.82, 2.24) is 14.0 Å². The van der Waals surface area contributed by atoms with Gasteiger partial charge in [-0.1, -0.05) is 0 Å². The Kier molecular flexibility index (Phi) is 3.31. The van der Waals surface area contributed by atoms with E-state index in [1.807, 2.05) is 19.0 Å². The number of nitrogens with one attached hydrogen (secondary N) is 1. The van der Waals surface area contributed by atoms with Crippen LogP contribution in [-0.4, -0.2) is 34.8 Å². The van der Waals surface area contributed by atoms with Crippen LogP contribution in [0.1, 0.15) is 0 Å². The summed E-state index contributed by atoms with van der Waals surface area (Å²) in [5, 5.41) is 3.00. The van der Waals surface area contributed by atoms with Crippen LogP contribution in [0.2, 0.25) is 0 Å². The summed E-state index contributed by atoms with van der Waals surface area (Å²) in [6.45, 7) is 0.570. The molecule has 0 saturated carbocycles. The Bertz CT molecular complexity index is 458. The second-order valence-corrected chi connectivity index (χ2v) is 3.68. The van der Waals surface area contributed by atoms with Crippen LogP contribution in [0, 0.1) is 0 Å². The monoisotopic (exact) mass is 212 g/mol. The topological polar surface area (TPSA) is 59.3 Å². The lowest BCUT2D eigenvalue weighted by molar-refractivity contribution is 0.438. The molecule has 1 aromatic rings. The molecule has 0 amide bonds. The maximum absolute atomic E-state index is 11.5. The second kappa shape index (κ2) is 4.31. The highest BCUT2D eigenvalue weighted by Gasteiger charge is 2.04. The first kappa shape index (κ1) is 11.5. The summed E-state index contributed by atoms with van der Waals surface area (Å²) in [6.07, 6.45) is 0. The van der Waals surface area contributed by atoms with Crippen molar-refractivity contribution in [3.8, 4) is 0 Å². The van der Waals surface area contributed by atoms with Gasteiger partial charge in [-0.05, 0) is 14.1 Å². The van der Waals surface area contributed by atoms with Gasteiger partial charge in [0.2, 0.25) is 0 Å². The number of hydrogen-bond acceptors (Lipinski definition) is 4. The van der Waals surface area contributed by atoms with Crippen LogP contribution in [0.4, 0.5) is 5.82 Å². The van der Waals surface area contributed by atoms with E-state index in [9.17, 15) is 9.59 Å². The smallest absolute Gasteiger partial charge is 0.332 e. The van der Waals surface area contributed by atoms with E-state index in [4.69, 9.17) is 0 Å². The molecule has 0 unspecified atom stereocenters. The molecule has 1 aromatic heterocycles. The van der Waals surface area contributed by atoms with E-state index in [0.717, 1.165) is 4.57 Å². The largest absolute Gasteiger partial charge is 0.358 e. The van der Waals surface area contributed by atoms with E-state index in [0.29, 0.717) is 12.5 Å². The minimum atomic E-state index is -0.330. The van der Waals surface area contributed by atoms with Gasteiger partial charge in [-0.15, -0.1) is 0 Å². The SMILES string of the molecule is CN(C)CNc1cc(=O)n(C)c(=O)n1C. The van der Waals surface area contributed by atoms with Gasteiger partial charge in [0.1, 0.15) is 5.82 Å². The molecule has 15 heavy (non-hydrogen) atoms. The first-order valence-electron chi connectivity index (χ1n) is 4.59. The predicted octanol–water partition coefficient (Wildman–Crippen LogP) is -0.985. The number of anilines is 1. The van der Waals surface area contributed by atoms with Crippen LogP contribution in [0.25, 0.3) is 0 Å². The van der Waals surface area contributed by atoms with Gasteiger partial charge in [-0.2, -0.15) is 0 Å². The molecule has 0 atom stereocenters. The van der Waals surface area contributed by atoms with Crippen molar-refractivity contribution in [1.29, 1.82) is 0 Å². The highest BCUT2D eigenvalue weighted by atomic mass is 16.2. The molecule has 0 saturated heterocycles. The van der Waals surface area contributed by atoms with Crippen molar-refractivity contribution in [2.24, 2.45) is 14.1 Å². The van der Waals surface area contributed by atoms with E-state index in [1.54, 1.807) is 7.05 Å². The molecule has 6 heteroatoms. The van der Waals surface area contributed by atoms with Crippen LogP contribution in [-0.2, 0) is 14.1 Å². The number of rotatable bonds is 3. The first-order valence-corrected chi connectivity index (χ1v) is 4.59. The Morgan fingerprint density at radius 3 is 2.40 bits per heavy atom. The van der Waals surface area contributed by atoms with Crippen LogP contribution in [0.15, 0.2) is 15.7 Å². The van der Waals surface area contributed by atoms with Gasteiger partial charge in [0.05, 0.1) is 6.67 Å². The Hall–Kier alpha value is -1.56. The molecule has 0 spiro atoms. The standard InChI is InChI=1S/C9H16N4O2/c1-11(2)6-10-7-5-8(14)13(4)9(15)12(7)3/h5,10H,6H2,1-4H3. The lowest BCUT2D eigenvalue weighted by Crippen LogP contribution is -2.38. The molecular weight excluding hydrogens is 196 g/mol. The number of hydrogen-bond donors (Lipinski definition) is 1. The summed E-state index contributed by atoms with van der Waals surface area (Å²) in [7, 11) is 6.87. The summed E-state index contributed by atoms with van der Waals surface area (Å²) in [6, 6.07) is 1.41. The lowest BCUT2D eigenvalue weighted by Gasteiger charge is -2.15. The summed E-state index contributed by atoms with van der Waals surface area (Å²) in [5.74, 6) is 0.525. The van der Waals surface area contributed by atoms with E-state index in [1.165, 1.54) is 17.7 Å². The van der Waals surface area contributed by atoms with E-state index in [2.05, 4.69) is 5.32 Å². The minimum Gasteiger partial charge on any atom is -0.358 e.